The predicted molar refractivity (Wildman–Crippen MR) is 68.0 cm³/mol. The molecule has 1 unspecified atom stereocenters. The second-order valence-electron chi connectivity index (χ2n) is 3.72. The minimum atomic E-state index is -0.628. The van der Waals surface area contributed by atoms with Gasteiger partial charge in [-0.1, -0.05) is 6.07 Å². The van der Waals surface area contributed by atoms with Crippen LogP contribution in [0.25, 0.3) is 0 Å². The Hall–Kier alpha value is -1.62. The Kier molecular flexibility index (Phi) is 5.58. The van der Waals surface area contributed by atoms with Crippen LogP contribution in [0.3, 0.4) is 0 Å². The zero-order chi connectivity index (χ0) is 13.5. The summed E-state index contributed by atoms with van der Waals surface area (Å²) in [6.45, 7) is 1.74. The number of nitrogens with one attached hydrogen (secondary N) is 2. The summed E-state index contributed by atoms with van der Waals surface area (Å²) in [6, 6.07) is 5.59. The van der Waals surface area contributed by atoms with Gasteiger partial charge in [-0.15, -0.1) is 11.6 Å². The van der Waals surface area contributed by atoms with Gasteiger partial charge in [0.2, 0.25) is 11.8 Å². The normalized spacial score (nSPS) is 11.7. The minimum absolute atomic E-state index is 0.103. The fourth-order valence-corrected chi connectivity index (χ4v) is 1.31. The molecule has 0 saturated carbocycles. The number of alkyl halides is 1. The van der Waals surface area contributed by atoms with E-state index in [4.69, 9.17) is 11.6 Å². The van der Waals surface area contributed by atoms with Crippen molar-refractivity contribution in [3.05, 3.63) is 30.1 Å². The SMILES string of the molecule is CC(Cl)C(=O)NCCC(=O)Nc1cccc(F)c1. The van der Waals surface area contributed by atoms with Gasteiger partial charge in [0.05, 0.1) is 0 Å². The molecule has 1 aromatic rings. The van der Waals surface area contributed by atoms with E-state index in [1.165, 1.54) is 18.2 Å². The molecule has 0 aromatic heterocycles. The van der Waals surface area contributed by atoms with Gasteiger partial charge < -0.3 is 10.6 Å². The predicted octanol–water partition coefficient (Wildman–Crippen LogP) is 1.90. The van der Waals surface area contributed by atoms with E-state index < -0.39 is 11.2 Å². The molecule has 0 spiro atoms. The molecular weight excluding hydrogens is 259 g/mol. The average Bonchev–Trinajstić information content (AvgIpc) is 2.28. The van der Waals surface area contributed by atoms with Crippen molar-refractivity contribution in [2.45, 2.75) is 18.7 Å². The first-order chi connectivity index (χ1) is 8.49. The van der Waals surface area contributed by atoms with E-state index in [9.17, 15) is 14.0 Å². The van der Waals surface area contributed by atoms with Crippen LogP contribution in [0.1, 0.15) is 13.3 Å². The molecule has 0 saturated heterocycles. The summed E-state index contributed by atoms with van der Waals surface area (Å²) in [7, 11) is 0. The first-order valence-electron chi connectivity index (χ1n) is 5.46. The fourth-order valence-electron chi connectivity index (χ4n) is 1.23. The Morgan fingerprint density at radius 1 is 1.44 bits per heavy atom. The van der Waals surface area contributed by atoms with Crippen LogP contribution < -0.4 is 10.6 Å². The highest BCUT2D eigenvalue weighted by Crippen LogP contribution is 2.09. The van der Waals surface area contributed by atoms with Gasteiger partial charge in [-0.3, -0.25) is 9.59 Å². The number of carbonyl (C=O) groups is 2. The molecule has 4 nitrogen and oxygen atoms in total. The summed E-state index contributed by atoms with van der Waals surface area (Å²) in [5.41, 5.74) is 0.386. The van der Waals surface area contributed by atoms with Crippen molar-refractivity contribution in [1.82, 2.24) is 5.32 Å². The summed E-state index contributed by atoms with van der Waals surface area (Å²) in [5.74, 6) is -1.05. The van der Waals surface area contributed by atoms with Crippen molar-refractivity contribution >= 4 is 29.1 Å². The number of amides is 2. The molecule has 0 radical (unpaired) electrons. The Bertz CT molecular complexity index is 438. The lowest BCUT2D eigenvalue weighted by Crippen LogP contribution is -2.32. The van der Waals surface area contributed by atoms with Gasteiger partial charge in [0.25, 0.3) is 0 Å². The molecule has 0 aliphatic carbocycles. The van der Waals surface area contributed by atoms with E-state index in [0.29, 0.717) is 5.69 Å². The molecule has 0 aliphatic heterocycles. The van der Waals surface area contributed by atoms with Crippen LogP contribution in [0.15, 0.2) is 24.3 Å². The third-order valence-corrected chi connectivity index (χ3v) is 2.32. The van der Waals surface area contributed by atoms with E-state index >= 15 is 0 Å². The van der Waals surface area contributed by atoms with E-state index in [0.717, 1.165) is 0 Å². The van der Waals surface area contributed by atoms with Crippen molar-refractivity contribution in [2.24, 2.45) is 0 Å². The highest BCUT2D eigenvalue weighted by atomic mass is 35.5. The number of hydrogen-bond acceptors (Lipinski definition) is 2. The summed E-state index contributed by atoms with van der Waals surface area (Å²) in [4.78, 5) is 22.6. The summed E-state index contributed by atoms with van der Waals surface area (Å²) in [5, 5.41) is 4.40. The van der Waals surface area contributed by atoms with Gasteiger partial charge in [-0.2, -0.15) is 0 Å². The van der Waals surface area contributed by atoms with Gasteiger partial charge in [-0.25, -0.2) is 4.39 Å². The van der Waals surface area contributed by atoms with E-state index in [-0.39, 0.29) is 24.8 Å². The third kappa shape index (κ3) is 5.14. The molecule has 0 aliphatic rings. The minimum Gasteiger partial charge on any atom is -0.354 e. The second-order valence-corrected chi connectivity index (χ2v) is 4.37. The molecule has 0 heterocycles. The molecule has 0 fully saturated rings. The molecule has 2 amide bonds. The lowest BCUT2D eigenvalue weighted by Gasteiger charge is -2.07. The second kappa shape index (κ2) is 6.96. The number of halogens is 2. The molecule has 1 rings (SSSR count). The van der Waals surface area contributed by atoms with Gasteiger partial charge >= 0.3 is 0 Å². The van der Waals surface area contributed by atoms with Crippen LogP contribution in [0, 0.1) is 5.82 Å². The number of rotatable bonds is 5. The van der Waals surface area contributed by atoms with Crippen LogP contribution in [-0.4, -0.2) is 23.7 Å². The Morgan fingerprint density at radius 2 is 2.17 bits per heavy atom. The topological polar surface area (TPSA) is 58.2 Å². The van der Waals surface area contributed by atoms with Crippen molar-refractivity contribution in [3.8, 4) is 0 Å². The lowest BCUT2D eigenvalue weighted by molar-refractivity contribution is -0.120. The van der Waals surface area contributed by atoms with Crippen LogP contribution in [0.4, 0.5) is 10.1 Å². The average molecular weight is 273 g/mol. The number of anilines is 1. The van der Waals surface area contributed by atoms with Crippen molar-refractivity contribution < 1.29 is 14.0 Å². The Balaban J connectivity index is 2.32. The summed E-state index contributed by atoms with van der Waals surface area (Å²) >= 11 is 5.54. The fraction of sp³-hybridized carbons (Fsp3) is 0.333. The third-order valence-electron chi connectivity index (χ3n) is 2.12. The molecule has 98 valence electrons. The first kappa shape index (κ1) is 14.4. The molecule has 1 aromatic carbocycles. The molecule has 18 heavy (non-hydrogen) atoms. The maximum atomic E-state index is 12.8. The lowest BCUT2D eigenvalue weighted by atomic mass is 10.3. The highest BCUT2D eigenvalue weighted by molar-refractivity contribution is 6.30. The zero-order valence-corrected chi connectivity index (χ0v) is 10.6. The quantitative estimate of drug-likeness (QED) is 0.805. The highest BCUT2D eigenvalue weighted by Gasteiger charge is 2.09. The molecule has 1 atom stereocenters. The molecule has 6 heteroatoms. The largest absolute Gasteiger partial charge is 0.354 e. The smallest absolute Gasteiger partial charge is 0.237 e. The first-order valence-corrected chi connectivity index (χ1v) is 5.90. The van der Waals surface area contributed by atoms with Crippen LogP contribution >= 0.6 is 11.6 Å². The van der Waals surface area contributed by atoms with E-state index in [1.807, 2.05) is 0 Å². The van der Waals surface area contributed by atoms with Crippen LogP contribution in [0.2, 0.25) is 0 Å². The van der Waals surface area contributed by atoms with Gasteiger partial charge in [-0.05, 0) is 25.1 Å². The number of benzene rings is 1. The maximum Gasteiger partial charge on any atom is 0.237 e. The van der Waals surface area contributed by atoms with Crippen LogP contribution in [-0.2, 0) is 9.59 Å². The van der Waals surface area contributed by atoms with Gasteiger partial charge in [0.15, 0.2) is 0 Å². The van der Waals surface area contributed by atoms with Gasteiger partial charge in [0, 0.05) is 18.7 Å². The van der Waals surface area contributed by atoms with Crippen molar-refractivity contribution in [2.75, 3.05) is 11.9 Å². The van der Waals surface area contributed by atoms with Crippen molar-refractivity contribution in [1.29, 1.82) is 0 Å². The molecule has 0 bridgehead atoms. The molecular formula is C12H14ClFN2O2. The van der Waals surface area contributed by atoms with Gasteiger partial charge in [0.1, 0.15) is 11.2 Å². The number of hydrogen-bond donors (Lipinski definition) is 2. The monoisotopic (exact) mass is 272 g/mol. The summed E-state index contributed by atoms with van der Waals surface area (Å²) < 4.78 is 12.8. The standard InChI is InChI=1S/C12H14ClFN2O2/c1-8(13)12(18)15-6-5-11(17)16-10-4-2-3-9(14)7-10/h2-4,7-8H,5-6H2,1H3,(H,15,18)(H,16,17). The van der Waals surface area contributed by atoms with Crippen LogP contribution in [0.5, 0.6) is 0 Å². The molecule has 2 N–H and O–H groups in total. The van der Waals surface area contributed by atoms with E-state index in [2.05, 4.69) is 10.6 Å². The summed E-state index contributed by atoms with van der Waals surface area (Å²) in [6.07, 6.45) is 0.103. The Morgan fingerprint density at radius 3 is 2.78 bits per heavy atom. The number of carbonyl (C=O) groups excluding carboxylic acids is 2. The maximum absolute atomic E-state index is 12.8. The Labute approximate surface area is 110 Å². The zero-order valence-electron chi connectivity index (χ0n) is 9.87. The van der Waals surface area contributed by atoms with Crippen molar-refractivity contribution in [3.63, 3.8) is 0 Å². The van der Waals surface area contributed by atoms with E-state index in [1.54, 1.807) is 13.0 Å².